The van der Waals surface area contributed by atoms with Crippen molar-refractivity contribution in [1.29, 1.82) is 0 Å². The Bertz CT molecular complexity index is 973. The fraction of sp³-hybridized carbons (Fsp3) is 0.261. The molecule has 0 radical (unpaired) electrons. The fourth-order valence-electron chi connectivity index (χ4n) is 3.60. The van der Waals surface area contributed by atoms with Crippen LogP contribution in [0.3, 0.4) is 0 Å². The molecule has 3 rings (SSSR count). The maximum atomic E-state index is 13.2. The third-order valence-electron chi connectivity index (χ3n) is 5.11. The molecule has 0 aliphatic carbocycles. The maximum absolute atomic E-state index is 13.2. The van der Waals surface area contributed by atoms with Gasteiger partial charge in [-0.15, -0.1) is 0 Å². The molecule has 1 amide bonds. The summed E-state index contributed by atoms with van der Waals surface area (Å²) < 4.78 is 28.3. The third kappa shape index (κ3) is 4.14. The third-order valence-corrected chi connectivity index (χ3v) is 5.11. The Morgan fingerprint density at radius 3 is 2.00 bits per heavy atom. The maximum Gasteiger partial charge on any atom is 0.268 e. The quantitative estimate of drug-likeness (QED) is 0.645. The van der Waals surface area contributed by atoms with Crippen LogP contribution in [0.15, 0.2) is 48.5 Å². The highest BCUT2D eigenvalue weighted by molar-refractivity contribution is 5.95. The van der Waals surface area contributed by atoms with E-state index in [1.54, 1.807) is 24.3 Å². The Balaban J connectivity index is 1.88. The number of aromatic nitrogens is 1. The number of halogens is 2. The molecule has 3 aromatic rings. The highest BCUT2D eigenvalue weighted by atomic mass is 19.1. The van der Waals surface area contributed by atoms with Crippen molar-refractivity contribution in [3.63, 3.8) is 0 Å². The molecule has 1 heterocycles. The summed E-state index contributed by atoms with van der Waals surface area (Å²) in [7, 11) is 0. The van der Waals surface area contributed by atoms with Crippen molar-refractivity contribution in [2.45, 2.75) is 40.3 Å². The van der Waals surface area contributed by atoms with Crippen molar-refractivity contribution in [3.8, 4) is 0 Å². The summed E-state index contributed by atoms with van der Waals surface area (Å²) in [6.07, 6.45) is 0.826. The Kier molecular flexibility index (Phi) is 5.93. The van der Waals surface area contributed by atoms with Crippen LogP contribution in [-0.4, -0.2) is 10.5 Å². The number of hydrogen-bond donors (Lipinski definition) is 1. The molecule has 146 valence electrons. The van der Waals surface area contributed by atoms with Crippen LogP contribution in [0, 0.1) is 25.5 Å². The van der Waals surface area contributed by atoms with Crippen molar-refractivity contribution in [3.05, 3.63) is 93.8 Å². The average molecular weight is 382 g/mol. The zero-order chi connectivity index (χ0) is 20.3. The number of rotatable bonds is 6. The number of benzene rings is 2. The molecule has 0 saturated heterocycles. The highest BCUT2D eigenvalue weighted by Crippen LogP contribution is 2.24. The second kappa shape index (κ2) is 8.38. The summed E-state index contributed by atoms with van der Waals surface area (Å²) in [5.74, 6) is -0.760. The van der Waals surface area contributed by atoms with E-state index in [-0.39, 0.29) is 17.5 Å². The number of nitrogens with one attached hydrogen (secondary N) is 1. The molecule has 0 spiro atoms. The van der Waals surface area contributed by atoms with E-state index in [4.69, 9.17) is 0 Å². The van der Waals surface area contributed by atoms with Crippen molar-refractivity contribution >= 4 is 5.91 Å². The van der Waals surface area contributed by atoms with Crippen molar-refractivity contribution in [2.75, 3.05) is 0 Å². The van der Waals surface area contributed by atoms with Gasteiger partial charge in [-0.3, -0.25) is 4.79 Å². The first-order valence-electron chi connectivity index (χ1n) is 9.36. The summed E-state index contributed by atoms with van der Waals surface area (Å²) in [4.78, 5) is 13.0. The van der Waals surface area contributed by atoms with E-state index in [1.165, 1.54) is 24.3 Å². The van der Waals surface area contributed by atoms with Gasteiger partial charge in [-0.05, 0) is 66.8 Å². The lowest BCUT2D eigenvalue weighted by Gasteiger charge is -2.13. The summed E-state index contributed by atoms with van der Waals surface area (Å²) >= 11 is 0. The number of amides is 1. The van der Waals surface area contributed by atoms with Gasteiger partial charge in [-0.1, -0.05) is 31.2 Å². The molecular formula is C23H24F2N2O. The van der Waals surface area contributed by atoms with Gasteiger partial charge in [0.25, 0.3) is 5.91 Å². The zero-order valence-electron chi connectivity index (χ0n) is 16.4. The lowest BCUT2D eigenvalue weighted by Crippen LogP contribution is -2.26. The van der Waals surface area contributed by atoms with Crippen LogP contribution in [0.25, 0.3) is 0 Å². The number of hydrogen-bond acceptors (Lipinski definition) is 1. The van der Waals surface area contributed by atoms with E-state index in [9.17, 15) is 13.6 Å². The van der Waals surface area contributed by atoms with Gasteiger partial charge in [0.15, 0.2) is 0 Å². The Morgan fingerprint density at radius 2 is 1.46 bits per heavy atom. The normalized spacial score (nSPS) is 10.9. The molecule has 3 nitrogen and oxygen atoms in total. The molecule has 0 fully saturated rings. The second-order valence-corrected chi connectivity index (χ2v) is 6.91. The summed E-state index contributed by atoms with van der Waals surface area (Å²) in [5, 5.41) is 2.93. The van der Waals surface area contributed by atoms with Gasteiger partial charge in [0.2, 0.25) is 0 Å². The van der Waals surface area contributed by atoms with Crippen LogP contribution >= 0.6 is 0 Å². The van der Waals surface area contributed by atoms with Crippen molar-refractivity contribution < 1.29 is 13.6 Å². The Morgan fingerprint density at radius 1 is 0.929 bits per heavy atom. The Hall–Kier alpha value is -2.95. The monoisotopic (exact) mass is 382 g/mol. The number of nitrogens with zero attached hydrogens (tertiary/aromatic N) is 1. The van der Waals surface area contributed by atoms with Crippen LogP contribution in [0.1, 0.15) is 45.4 Å². The molecule has 0 bridgehead atoms. The van der Waals surface area contributed by atoms with Gasteiger partial charge in [-0.2, -0.15) is 0 Å². The van der Waals surface area contributed by atoms with E-state index < -0.39 is 0 Å². The van der Waals surface area contributed by atoms with Crippen LogP contribution in [0.5, 0.6) is 0 Å². The largest absolute Gasteiger partial charge is 0.347 e. The van der Waals surface area contributed by atoms with E-state index in [0.717, 1.165) is 34.4 Å². The first-order valence-corrected chi connectivity index (χ1v) is 9.36. The predicted molar refractivity (Wildman–Crippen MR) is 106 cm³/mol. The molecule has 0 aliphatic heterocycles. The molecule has 1 N–H and O–H groups in total. The van der Waals surface area contributed by atoms with Crippen LogP contribution in [0.4, 0.5) is 8.78 Å². The minimum Gasteiger partial charge on any atom is -0.347 e. The molecule has 5 heteroatoms. The topological polar surface area (TPSA) is 34.0 Å². The van der Waals surface area contributed by atoms with Gasteiger partial charge in [0.1, 0.15) is 17.3 Å². The second-order valence-electron chi connectivity index (χ2n) is 6.91. The van der Waals surface area contributed by atoms with Gasteiger partial charge < -0.3 is 9.88 Å². The summed E-state index contributed by atoms with van der Waals surface area (Å²) in [6.45, 7) is 6.84. The van der Waals surface area contributed by atoms with E-state index in [2.05, 4.69) is 12.2 Å². The molecule has 1 aromatic heterocycles. The molecule has 0 unspecified atom stereocenters. The molecule has 0 atom stereocenters. The standard InChI is InChI=1S/C23H24F2N2O/c1-4-21-15(2)22(23(28)26-13-17-5-9-19(24)10-6-17)27(16(21)3)14-18-7-11-20(25)12-8-18/h5-12H,4,13-14H2,1-3H3,(H,26,28). The zero-order valence-corrected chi connectivity index (χ0v) is 16.4. The van der Waals surface area contributed by atoms with Gasteiger partial charge in [0, 0.05) is 18.8 Å². The fourth-order valence-corrected chi connectivity index (χ4v) is 3.60. The minimum atomic E-state index is -0.303. The van der Waals surface area contributed by atoms with Gasteiger partial charge in [0.05, 0.1) is 0 Å². The molecular weight excluding hydrogens is 358 g/mol. The predicted octanol–water partition coefficient (Wildman–Crippen LogP) is 4.92. The minimum absolute atomic E-state index is 0.174. The van der Waals surface area contributed by atoms with Crippen molar-refractivity contribution in [1.82, 2.24) is 9.88 Å². The molecule has 2 aromatic carbocycles. The Labute approximate surface area is 164 Å². The number of carbonyl (C=O) groups excluding carboxylic acids is 1. The van der Waals surface area contributed by atoms with Gasteiger partial charge in [-0.25, -0.2) is 8.78 Å². The van der Waals surface area contributed by atoms with Crippen molar-refractivity contribution in [2.24, 2.45) is 0 Å². The SMILES string of the molecule is CCc1c(C)c(C(=O)NCc2ccc(F)cc2)n(Cc2ccc(F)cc2)c1C. The van der Waals surface area contributed by atoms with Gasteiger partial charge >= 0.3 is 0 Å². The smallest absolute Gasteiger partial charge is 0.268 e. The lowest BCUT2D eigenvalue weighted by molar-refractivity contribution is 0.0941. The van der Waals surface area contributed by atoms with E-state index in [0.29, 0.717) is 18.8 Å². The van der Waals surface area contributed by atoms with Crippen LogP contribution in [0.2, 0.25) is 0 Å². The average Bonchev–Trinajstić information content (AvgIpc) is 2.92. The first kappa shape index (κ1) is 19.8. The summed E-state index contributed by atoms with van der Waals surface area (Å²) in [5.41, 5.74) is 5.51. The molecule has 0 aliphatic rings. The first-order chi connectivity index (χ1) is 13.4. The molecule has 28 heavy (non-hydrogen) atoms. The van der Waals surface area contributed by atoms with E-state index >= 15 is 0 Å². The highest BCUT2D eigenvalue weighted by Gasteiger charge is 2.21. The van der Waals surface area contributed by atoms with E-state index in [1.807, 2.05) is 18.4 Å². The summed E-state index contributed by atoms with van der Waals surface area (Å²) in [6, 6.07) is 12.4. The van der Waals surface area contributed by atoms with Crippen LogP contribution < -0.4 is 5.32 Å². The molecule has 0 saturated carbocycles. The van der Waals surface area contributed by atoms with Crippen LogP contribution in [-0.2, 0) is 19.5 Å². The lowest BCUT2D eigenvalue weighted by atomic mass is 10.1. The number of carbonyl (C=O) groups is 1.